The van der Waals surface area contributed by atoms with Crippen LogP contribution >= 0.6 is 0 Å². The highest BCUT2D eigenvalue weighted by Crippen LogP contribution is 2.36. The van der Waals surface area contributed by atoms with E-state index in [-0.39, 0.29) is 0 Å². The molecule has 2 aromatic carbocycles. The van der Waals surface area contributed by atoms with Crippen molar-refractivity contribution in [1.82, 2.24) is 0 Å². The fourth-order valence-electron chi connectivity index (χ4n) is 5.15. The summed E-state index contributed by atoms with van der Waals surface area (Å²) in [7, 11) is -13.6. The molecule has 0 aromatic heterocycles. The molecule has 0 atom stereocenters. The van der Waals surface area contributed by atoms with Gasteiger partial charge in [0.05, 0.1) is 0 Å². The minimum atomic E-state index is -2.91. The zero-order valence-electron chi connectivity index (χ0n) is 28.3. The fraction of sp³-hybridized carbons (Fsp3) is 0.533. The van der Waals surface area contributed by atoms with Crippen molar-refractivity contribution in [3.63, 3.8) is 0 Å². The molecule has 0 amide bonds. The van der Waals surface area contributed by atoms with Crippen LogP contribution in [0.15, 0.2) is 42.5 Å². The Bertz CT molecular complexity index is 1150. The van der Waals surface area contributed by atoms with E-state index in [4.69, 9.17) is 16.5 Å². The number of hydrogen-bond donors (Lipinski definition) is 0. The molecule has 2 aromatic rings. The first-order valence-corrected chi connectivity index (χ1v) is 32.8. The third kappa shape index (κ3) is 11.2. The zero-order chi connectivity index (χ0) is 30.9. The van der Waals surface area contributed by atoms with Gasteiger partial charge < -0.3 is 16.5 Å². The van der Waals surface area contributed by atoms with Crippen LogP contribution in [0.2, 0.25) is 91.7 Å². The minimum Gasteiger partial charge on any atom is -0.433 e. The van der Waals surface area contributed by atoms with E-state index in [1.807, 2.05) is 0 Å². The molecule has 0 fully saturated rings. The van der Waals surface area contributed by atoms with Crippen molar-refractivity contribution < 1.29 is 16.5 Å². The highest BCUT2D eigenvalue weighted by molar-refractivity contribution is 6.99. The van der Waals surface area contributed by atoms with Crippen LogP contribution in [0.5, 0.6) is 0 Å². The van der Waals surface area contributed by atoms with Gasteiger partial charge in [0.2, 0.25) is 0 Å². The molecule has 0 aliphatic rings. The van der Waals surface area contributed by atoms with E-state index < -0.39 is 50.4 Å². The lowest BCUT2D eigenvalue weighted by molar-refractivity contribution is 0.404. The van der Waals surface area contributed by atoms with Gasteiger partial charge in [-0.25, -0.2) is 0 Å². The Kier molecular flexibility index (Phi) is 11.1. The Hall–Kier alpha value is -0.679. The van der Waals surface area contributed by atoms with E-state index in [1.54, 1.807) is 0 Å². The zero-order valence-corrected chi connectivity index (χ0v) is 34.3. The highest BCUT2D eigenvalue weighted by Gasteiger charge is 2.49. The van der Waals surface area contributed by atoms with Crippen molar-refractivity contribution in [2.75, 3.05) is 0 Å². The predicted molar refractivity (Wildman–Crippen MR) is 191 cm³/mol. The molecular weight excluding hydrogens is 593 g/mol. The molecule has 0 radical (unpaired) electrons. The monoisotopic (exact) mass is 648 g/mol. The summed E-state index contributed by atoms with van der Waals surface area (Å²) in [6, 6.07) is 15.6. The van der Waals surface area contributed by atoms with Gasteiger partial charge in [0.25, 0.3) is 0 Å². The molecule has 2 rings (SSSR count). The van der Waals surface area contributed by atoms with Gasteiger partial charge >= 0.3 is 17.1 Å². The summed E-state index contributed by atoms with van der Waals surface area (Å²) in [5, 5.41) is 2.38. The van der Waals surface area contributed by atoms with Gasteiger partial charge in [0, 0.05) is 5.20 Å². The first-order chi connectivity index (χ1) is 17.8. The van der Waals surface area contributed by atoms with Crippen molar-refractivity contribution in [3.05, 3.63) is 64.7 Å². The maximum Gasteiger partial charge on any atom is 0.349 e. The Balaban J connectivity index is 3.05. The van der Waals surface area contributed by atoms with Crippen molar-refractivity contribution >= 4 is 66.9 Å². The van der Waals surface area contributed by atoms with E-state index in [2.05, 4.69) is 154 Å². The Morgan fingerprint density at radius 1 is 0.525 bits per heavy atom. The number of aryl methyl sites for hydroxylation is 2. The van der Waals surface area contributed by atoms with Crippen molar-refractivity contribution in [2.24, 2.45) is 0 Å². The smallest absolute Gasteiger partial charge is 0.349 e. The second-order valence-electron chi connectivity index (χ2n) is 15.3. The fourth-order valence-corrected chi connectivity index (χ4v) is 29.1. The molecule has 0 N–H and O–H groups in total. The first kappa shape index (κ1) is 35.5. The topological polar surface area (TPSA) is 36.9 Å². The summed E-state index contributed by atoms with van der Waals surface area (Å²) >= 11 is 0. The molecule has 224 valence electrons. The normalized spacial score (nSPS) is 14.6. The van der Waals surface area contributed by atoms with Crippen LogP contribution in [-0.2, 0) is 16.5 Å². The van der Waals surface area contributed by atoms with Crippen LogP contribution in [0.1, 0.15) is 22.3 Å². The van der Waals surface area contributed by atoms with Gasteiger partial charge in [0.1, 0.15) is 0 Å². The van der Waals surface area contributed by atoms with Crippen molar-refractivity contribution in [2.45, 2.75) is 106 Å². The lowest BCUT2D eigenvalue weighted by atomic mass is 10.1. The van der Waals surface area contributed by atoms with E-state index in [1.165, 1.54) is 27.1 Å². The quantitative estimate of drug-likeness (QED) is 0.170. The van der Waals surface area contributed by atoms with Gasteiger partial charge in [0.15, 0.2) is 33.3 Å². The summed E-state index contributed by atoms with van der Waals surface area (Å²) in [5.41, 5.74) is 4.79. The van der Waals surface area contributed by atoms with Crippen LogP contribution in [0.4, 0.5) is 0 Å². The van der Waals surface area contributed by atoms with Crippen molar-refractivity contribution in [3.8, 4) is 0 Å². The van der Waals surface area contributed by atoms with E-state index >= 15 is 0 Å². The van der Waals surface area contributed by atoms with E-state index in [0.29, 0.717) is 0 Å². The average Bonchev–Trinajstić information content (AvgIpc) is 2.68. The van der Waals surface area contributed by atoms with Crippen LogP contribution in [0.25, 0.3) is 11.3 Å². The summed E-state index contributed by atoms with van der Waals surface area (Å²) in [4.78, 5) is 0. The van der Waals surface area contributed by atoms with Crippen LogP contribution < -0.4 is 5.19 Å². The second kappa shape index (κ2) is 12.5. The van der Waals surface area contributed by atoms with E-state index in [0.717, 1.165) is 5.56 Å². The number of benzene rings is 2. The first-order valence-electron chi connectivity index (χ1n) is 14.5. The molecule has 0 unspecified atom stereocenters. The number of hydrogen-bond acceptors (Lipinski definition) is 4. The summed E-state index contributed by atoms with van der Waals surface area (Å²) in [6.45, 7) is 36.1. The Labute approximate surface area is 252 Å². The van der Waals surface area contributed by atoms with Crippen LogP contribution in [0.3, 0.4) is 0 Å². The maximum atomic E-state index is 7.19. The maximum absolute atomic E-state index is 7.19. The molecule has 0 saturated carbocycles. The Morgan fingerprint density at radius 3 is 1.32 bits per heavy atom. The van der Waals surface area contributed by atoms with Crippen molar-refractivity contribution in [1.29, 1.82) is 0 Å². The second-order valence-corrected chi connectivity index (χ2v) is 40.3. The number of rotatable bonds is 12. The SMILES string of the molecule is Cc1ccc(/C=C(\c2ccc(C)cc2[Si](C)(O[Si](C)(C)C)O[Si](C)(C)C)[Si](C)(O[Si](C)(C)C)O[Si](C)(C)C)cc1. The van der Waals surface area contributed by atoms with Crippen LogP contribution in [-0.4, -0.2) is 50.4 Å². The molecule has 0 spiro atoms. The molecule has 0 aliphatic heterocycles. The third-order valence-corrected chi connectivity index (χ3v) is 24.7. The lowest BCUT2D eigenvalue weighted by Gasteiger charge is -2.43. The van der Waals surface area contributed by atoms with E-state index in [9.17, 15) is 0 Å². The van der Waals surface area contributed by atoms with Crippen LogP contribution in [0, 0.1) is 13.8 Å². The predicted octanol–water partition coefficient (Wildman–Crippen LogP) is 9.14. The average molecular weight is 649 g/mol. The summed E-state index contributed by atoms with van der Waals surface area (Å²) in [6.07, 6.45) is 2.33. The van der Waals surface area contributed by atoms with Gasteiger partial charge in [-0.15, -0.1) is 0 Å². The molecule has 0 heterocycles. The highest BCUT2D eigenvalue weighted by atomic mass is 28.5. The standard InChI is InChI=1S/C30H56O4Si6/c1-25-17-20-27(21-18-25)24-30(40(16,33-37(9,10)11)34-38(12,13)14)28-22-19-26(2)23-29(28)39(15,31-35(3,4)5)32-36(6,7)8/h17-24H,1-16H3/b30-24+. The molecular formula is C30H56O4Si6. The lowest BCUT2D eigenvalue weighted by Crippen LogP contribution is -2.62. The Morgan fingerprint density at radius 2 is 0.925 bits per heavy atom. The molecule has 0 aliphatic carbocycles. The molecule has 0 bridgehead atoms. The molecule has 4 nitrogen and oxygen atoms in total. The largest absolute Gasteiger partial charge is 0.433 e. The van der Waals surface area contributed by atoms with Gasteiger partial charge in [-0.05, 0) is 122 Å². The third-order valence-electron chi connectivity index (χ3n) is 5.84. The molecule has 10 heteroatoms. The summed E-state index contributed by atoms with van der Waals surface area (Å²) < 4.78 is 28.6. The van der Waals surface area contributed by atoms with Gasteiger partial charge in [-0.1, -0.05) is 59.7 Å². The summed E-state index contributed by atoms with van der Waals surface area (Å²) in [5.74, 6) is 0. The van der Waals surface area contributed by atoms with Gasteiger partial charge in [-0.3, -0.25) is 0 Å². The minimum absolute atomic E-state index is 1.16. The molecule has 0 saturated heterocycles. The van der Waals surface area contributed by atoms with Gasteiger partial charge in [-0.2, -0.15) is 0 Å². The molecule has 40 heavy (non-hydrogen) atoms.